The van der Waals surface area contributed by atoms with Gasteiger partial charge in [0.1, 0.15) is 0 Å². The van der Waals surface area contributed by atoms with Gasteiger partial charge in [0, 0.05) is 11.1 Å². The van der Waals surface area contributed by atoms with Crippen molar-refractivity contribution in [2.24, 2.45) is 4.99 Å². The van der Waals surface area contributed by atoms with E-state index in [9.17, 15) is 4.79 Å². The van der Waals surface area contributed by atoms with E-state index in [1.807, 2.05) is 60.7 Å². The van der Waals surface area contributed by atoms with E-state index in [-0.39, 0.29) is 0 Å². The molecule has 0 saturated heterocycles. The highest BCUT2D eigenvalue weighted by atomic mass is 16.5. The predicted molar refractivity (Wildman–Crippen MR) is 86.5 cm³/mol. The van der Waals surface area contributed by atoms with Crippen molar-refractivity contribution in [1.82, 2.24) is 0 Å². The summed E-state index contributed by atoms with van der Waals surface area (Å²) < 4.78 is 5.78. The number of para-hydroxylation sites is 1. The van der Waals surface area contributed by atoms with Crippen LogP contribution in [-0.4, -0.2) is 12.2 Å². The molecule has 0 aliphatic carbocycles. The van der Waals surface area contributed by atoms with Crippen LogP contribution in [-0.2, 0) is 9.53 Å². The van der Waals surface area contributed by atoms with Crippen LogP contribution in [0.25, 0.3) is 10.8 Å². The van der Waals surface area contributed by atoms with Crippen LogP contribution in [0.15, 0.2) is 71.7 Å². The molecule has 0 N–H and O–H groups in total. The van der Waals surface area contributed by atoms with Crippen molar-refractivity contribution in [3.63, 3.8) is 0 Å². The number of carbonyl (C=O) groups excluding carboxylic acids is 1. The fraction of sp³-hybridized carbons (Fsp3) is 0.0526. The molecule has 0 bridgehead atoms. The zero-order chi connectivity index (χ0) is 14.9. The summed E-state index contributed by atoms with van der Waals surface area (Å²) in [5.41, 5.74) is 2.47. The van der Waals surface area contributed by atoms with Gasteiger partial charge in [-0.25, -0.2) is 4.99 Å². The maximum Gasteiger partial charge on any atom is 0.222 e. The first-order chi connectivity index (χ1) is 10.8. The second-order valence-electron chi connectivity index (χ2n) is 5.21. The molecule has 0 saturated carbocycles. The van der Waals surface area contributed by atoms with Crippen LogP contribution in [0.3, 0.4) is 0 Å². The summed E-state index contributed by atoms with van der Waals surface area (Å²) in [5.74, 6) is 0.488. The molecule has 0 amide bonds. The van der Waals surface area contributed by atoms with Crippen molar-refractivity contribution in [1.29, 1.82) is 0 Å². The van der Waals surface area contributed by atoms with E-state index in [1.165, 1.54) is 0 Å². The third-order valence-electron chi connectivity index (χ3n) is 3.82. The van der Waals surface area contributed by atoms with Gasteiger partial charge in [-0.1, -0.05) is 48.5 Å². The number of nitrogens with zero attached hydrogens (tertiary/aromatic N) is 1. The van der Waals surface area contributed by atoms with Crippen molar-refractivity contribution < 1.29 is 9.53 Å². The molecular formula is C19H13NO2. The Hall–Kier alpha value is -2.94. The summed E-state index contributed by atoms with van der Waals surface area (Å²) in [6.45, 7) is 0. The van der Waals surface area contributed by atoms with E-state index in [0.29, 0.717) is 5.90 Å². The van der Waals surface area contributed by atoms with E-state index in [1.54, 1.807) is 0 Å². The molecule has 4 rings (SSSR count). The predicted octanol–water partition coefficient (Wildman–Crippen LogP) is 4.19. The third-order valence-corrected chi connectivity index (χ3v) is 3.82. The smallest absolute Gasteiger partial charge is 0.222 e. The van der Waals surface area contributed by atoms with Crippen molar-refractivity contribution in [2.45, 2.75) is 6.10 Å². The summed E-state index contributed by atoms with van der Waals surface area (Å²) in [7, 11) is 0. The van der Waals surface area contributed by atoms with Gasteiger partial charge in [-0.15, -0.1) is 0 Å². The molecule has 1 heterocycles. The fourth-order valence-electron chi connectivity index (χ4n) is 2.71. The van der Waals surface area contributed by atoms with Crippen molar-refractivity contribution >= 4 is 28.6 Å². The molecule has 3 aromatic carbocycles. The average molecular weight is 287 g/mol. The van der Waals surface area contributed by atoms with Gasteiger partial charge in [0.25, 0.3) is 0 Å². The summed E-state index contributed by atoms with van der Waals surface area (Å²) in [6.07, 6.45) is 0.212. The second kappa shape index (κ2) is 5.11. The normalized spacial score (nSPS) is 16.5. The summed E-state index contributed by atoms with van der Waals surface area (Å²) in [4.78, 5) is 15.9. The minimum Gasteiger partial charge on any atom is -0.461 e. The third kappa shape index (κ3) is 2.07. The van der Waals surface area contributed by atoms with Gasteiger partial charge in [-0.2, -0.15) is 0 Å². The molecule has 1 unspecified atom stereocenters. The van der Waals surface area contributed by atoms with Crippen LogP contribution in [0.1, 0.15) is 17.2 Å². The lowest BCUT2D eigenvalue weighted by Crippen LogP contribution is -2.17. The summed E-state index contributed by atoms with van der Waals surface area (Å²) >= 11 is 0. The number of hydrogen-bond donors (Lipinski definition) is 0. The monoisotopic (exact) mass is 287 g/mol. The first kappa shape index (κ1) is 12.8. The lowest BCUT2D eigenvalue weighted by molar-refractivity contribution is -0.114. The Morgan fingerprint density at radius 1 is 0.909 bits per heavy atom. The Morgan fingerprint density at radius 3 is 2.55 bits per heavy atom. The van der Waals surface area contributed by atoms with Crippen LogP contribution >= 0.6 is 0 Å². The minimum absolute atomic E-state index is 0.488. The second-order valence-corrected chi connectivity index (χ2v) is 5.21. The highest BCUT2D eigenvalue weighted by Gasteiger charge is 2.23. The summed E-state index contributed by atoms with van der Waals surface area (Å²) in [5, 5.41) is 2.28. The van der Waals surface area contributed by atoms with Gasteiger partial charge in [-0.3, -0.25) is 4.79 Å². The van der Waals surface area contributed by atoms with Crippen LogP contribution in [0.4, 0.5) is 5.69 Å². The molecule has 3 nitrogen and oxygen atoms in total. The first-order valence-electron chi connectivity index (χ1n) is 7.14. The fourth-order valence-corrected chi connectivity index (χ4v) is 2.71. The van der Waals surface area contributed by atoms with Crippen LogP contribution in [0.2, 0.25) is 0 Å². The maximum absolute atomic E-state index is 11.3. The Bertz CT molecular complexity index is 899. The van der Waals surface area contributed by atoms with Gasteiger partial charge in [0.15, 0.2) is 12.4 Å². The largest absolute Gasteiger partial charge is 0.461 e. The number of benzene rings is 3. The molecule has 3 heteroatoms. The molecule has 3 aromatic rings. The average Bonchev–Trinajstić information content (AvgIpc) is 2.60. The Kier molecular flexibility index (Phi) is 2.97. The molecule has 0 aromatic heterocycles. The lowest BCUT2D eigenvalue weighted by atomic mass is 10.0. The number of rotatable bonds is 2. The molecule has 0 fully saturated rings. The summed E-state index contributed by atoms with van der Waals surface area (Å²) in [6, 6.07) is 21.7. The van der Waals surface area contributed by atoms with Crippen molar-refractivity contribution in [3.05, 3.63) is 77.9 Å². The molecular weight excluding hydrogens is 274 g/mol. The Morgan fingerprint density at radius 2 is 1.68 bits per heavy atom. The van der Waals surface area contributed by atoms with E-state index < -0.39 is 6.10 Å². The molecule has 1 aliphatic heterocycles. The van der Waals surface area contributed by atoms with Gasteiger partial charge in [0.05, 0.1) is 5.69 Å². The minimum atomic E-state index is -0.602. The molecule has 1 atom stereocenters. The quantitative estimate of drug-likeness (QED) is 0.663. The van der Waals surface area contributed by atoms with Gasteiger partial charge in [0.2, 0.25) is 5.90 Å². The van der Waals surface area contributed by atoms with Crippen LogP contribution in [0, 0.1) is 0 Å². The van der Waals surface area contributed by atoms with Gasteiger partial charge < -0.3 is 4.74 Å². The van der Waals surface area contributed by atoms with Crippen LogP contribution < -0.4 is 0 Å². The SMILES string of the molecule is O=CC1OC(c2ccc3ccccc3c2)=Nc2ccccc21. The number of aldehydes is 1. The topological polar surface area (TPSA) is 38.7 Å². The number of ether oxygens (including phenoxy) is 1. The van der Waals surface area contributed by atoms with E-state index >= 15 is 0 Å². The standard InChI is InChI=1S/C19H13NO2/c21-12-18-16-7-3-4-8-17(16)20-19(22-18)15-10-9-13-5-1-2-6-14(13)11-15/h1-12,18H. The molecule has 106 valence electrons. The van der Waals surface area contributed by atoms with Gasteiger partial charge in [-0.05, 0) is 29.0 Å². The van der Waals surface area contributed by atoms with E-state index in [0.717, 1.165) is 33.9 Å². The number of carbonyl (C=O) groups is 1. The van der Waals surface area contributed by atoms with E-state index in [2.05, 4.69) is 11.1 Å². The first-order valence-corrected chi connectivity index (χ1v) is 7.14. The highest BCUT2D eigenvalue weighted by Crippen LogP contribution is 2.33. The number of fused-ring (bicyclic) bond motifs is 2. The Labute approximate surface area is 127 Å². The zero-order valence-electron chi connectivity index (χ0n) is 11.8. The zero-order valence-corrected chi connectivity index (χ0v) is 11.8. The van der Waals surface area contributed by atoms with Crippen molar-refractivity contribution in [2.75, 3.05) is 0 Å². The lowest BCUT2D eigenvalue weighted by Gasteiger charge is -2.22. The Balaban J connectivity index is 1.84. The van der Waals surface area contributed by atoms with Gasteiger partial charge >= 0.3 is 0 Å². The highest BCUT2D eigenvalue weighted by molar-refractivity contribution is 6.01. The number of hydrogen-bond acceptors (Lipinski definition) is 3. The molecule has 0 spiro atoms. The van der Waals surface area contributed by atoms with Crippen LogP contribution in [0.5, 0.6) is 0 Å². The molecule has 0 radical (unpaired) electrons. The molecule has 22 heavy (non-hydrogen) atoms. The maximum atomic E-state index is 11.3. The number of aliphatic imine (C=N–C) groups is 1. The van der Waals surface area contributed by atoms with E-state index in [4.69, 9.17) is 4.74 Å². The van der Waals surface area contributed by atoms with Crippen molar-refractivity contribution in [3.8, 4) is 0 Å². The molecule has 1 aliphatic rings.